The molecule has 2 aliphatic carbocycles. The number of amides is 1. The first-order chi connectivity index (χ1) is 7.11. The second kappa shape index (κ2) is 3.83. The molecule has 1 amide bonds. The molecule has 0 aliphatic heterocycles. The number of carboxylic acid groups (broad SMARTS) is 1. The standard InChI is InChI=1S/C11H17NO3/c1-6(13)12-10-8-5-3-2-4-7(8)9(10)11(14)15/h7-10H,2-5H2,1H3,(H,12,13)(H,14,15). The van der Waals surface area contributed by atoms with Crippen LogP contribution in [0.15, 0.2) is 0 Å². The Morgan fingerprint density at radius 2 is 1.80 bits per heavy atom. The molecule has 84 valence electrons. The fourth-order valence-corrected chi connectivity index (χ4v) is 3.24. The molecule has 0 aromatic heterocycles. The van der Waals surface area contributed by atoms with Gasteiger partial charge in [0.2, 0.25) is 5.91 Å². The van der Waals surface area contributed by atoms with Crippen LogP contribution in [-0.4, -0.2) is 23.0 Å². The Balaban J connectivity index is 2.06. The number of hydrogen-bond acceptors (Lipinski definition) is 2. The van der Waals surface area contributed by atoms with Crippen LogP contribution in [0.25, 0.3) is 0 Å². The topological polar surface area (TPSA) is 66.4 Å². The molecule has 2 aliphatic rings. The summed E-state index contributed by atoms with van der Waals surface area (Å²) in [7, 11) is 0. The Kier molecular flexibility index (Phi) is 2.67. The predicted molar refractivity (Wildman–Crippen MR) is 54.2 cm³/mol. The van der Waals surface area contributed by atoms with Crippen molar-refractivity contribution in [2.45, 2.75) is 38.6 Å². The molecule has 0 spiro atoms. The minimum atomic E-state index is -0.753. The summed E-state index contributed by atoms with van der Waals surface area (Å²) < 4.78 is 0. The minimum Gasteiger partial charge on any atom is -0.481 e. The van der Waals surface area contributed by atoms with Gasteiger partial charge >= 0.3 is 5.97 Å². The molecule has 2 N–H and O–H groups in total. The summed E-state index contributed by atoms with van der Waals surface area (Å²) >= 11 is 0. The molecule has 0 radical (unpaired) electrons. The average molecular weight is 211 g/mol. The van der Waals surface area contributed by atoms with Crippen LogP contribution >= 0.6 is 0 Å². The first-order valence-electron chi connectivity index (χ1n) is 5.61. The zero-order chi connectivity index (χ0) is 11.0. The Morgan fingerprint density at radius 1 is 1.20 bits per heavy atom. The smallest absolute Gasteiger partial charge is 0.308 e. The van der Waals surface area contributed by atoms with E-state index in [1.807, 2.05) is 0 Å². The summed E-state index contributed by atoms with van der Waals surface area (Å²) in [6, 6.07) is -0.120. The summed E-state index contributed by atoms with van der Waals surface area (Å²) in [5.41, 5.74) is 0. The Morgan fingerprint density at radius 3 is 2.33 bits per heavy atom. The van der Waals surface area contributed by atoms with E-state index < -0.39 is 5.97 Å². The first kappa shape index (κ1) is 10.5. The van der Waals surface area contributed by atoms with Gasteiger partial charge in [-0.3, -0.25) is 9.59 Å². The zero-order valence-electron chi connectivity index (χ0n) is 8.90. The molecule has 0 heterocycles. The maximum atomic E-state index is 11.1. The summed E-state index contributed by atoms with van der Waals surface area (Å²) in [5, 5.41) is 11.9. The normalized spacial score (nSPS) is 38.7. The molecular weight excluding hydrogens is 194 g/mol. The lowest BCUT2D eigenvalue weighted by molar-refractivity contribution is -0.158. The second-order valence-electron chi connectivity index (χ2n) is 4.70. The lowest BCUT2D eigenvalue weighted by Gasteiger charge is -2.52. The van der Waals surface area contributed by atoms with E-state index in [4.69, 9.17) is 5.11 Å². The van der Waals surface area contributed by atoms with Gasteiger partial charge in [-0.15, -0.1) is 0 Å². The van der Waals surface area contributed by atoms with Gasteiger partial charge in [0.1, 0.15) is 0 Å². The molecule has 15 heavy (non-hydrogen) atoms. The van der Waals surface area contributed by atoms with Crippen molar-refractivity contribution >= 4 is 11.9 Å². The van der Waals surface area contributed by atoms with Gasteiger partial charge in [-0.1, -0.05) is 12.8 Å². The zero-order valence-corrected chi connectivity index (χ0v) is 8.90. The van der Waals surface area contributed by atoms with Crippen LogP contribution in [-0.2, 0) is 9.59 Å². The Labute approximate surface area is 89.0 Å². The van der Waals surface area contributed by atoms with Gasteiger partial charge in [-0.05, 0) is 24.7 Å². The number of fused-ring (bicyclic) bond motifs is 1. The summed E-state index contributed by atoms with van der Waals surface area (Å²) in [6.45, 7) is 1.45. The van der Waals surface area contributed by atoms with Crippen LogP contribution in [0.5, 0.6) is 0 Å². The van der Waals surface area contributed by atoms with Gasteiger partial charge in [0.05, 0.1) is 5.92 Å². The fraction of sp³-hybridized carbons (Fsp3) is 0.818. The van der Waals surface area contributed by atoms with Crippen molar-refractivity contribution in [3.63, 3.8) is 0 Å². The van der Waals surface area contributed by atoms with Crippen molar-refractivity contribution < 1.29 is 14.7 Å². The molecular formula is C11H17NO3. The van der Waals surface area contributed by atoms with Gasteiger partial charge in [0.25, 0.3) is 0 Å². The molecule has 4 heteroatoms. The first-order valence-corrected chi connectivity index (χ1v) is 5.61. The number of rotatable bonds is 2. The highest BCUT2D eigenvalue weighted by Gasteiger charge is 2.54. The highest BCUT2D eigenvalue weighted by Crippen LogP contribution is 2.49. The molecule has 0 bridgehead atoms. The summed E-state index contributed by atoms with van der Waals surface area (Å²) in [6.07, 6.45) is 4.39. The Hall–Kier alpha value is -1.06. The second-order valence-corrected chi connectivity index (χ2v) is 4.70. The third-order valence-electron chi connectivity index (χ3n) is 3.84. The van der Waals surface area contributed by atoms with Crippen molar-refractivity contribution in [2.75, 3.05) is 0 Å². The van der Waals surface area contributed by atoms with E-state index in [1.165, 1.54) is 13.3 Å². The molecule has 2 fully saturated rings. The molecule has 0 aromatic carbocycles. The van der Waals surface area contributed by atoms with Crippen LogP contribution in [0.4, 0.5) is 0 Å². The van der Waals surface area contributed by atoms with E-state index in [0.29, 0.717) is 11.8 Å². The van der Waals surface area contributed by atoms with E-state index in [2.05, 4.69) is 5.32 Å². The van der Waals surface area contributed by atoms with Crippen molar-refractivity contribution in [3.8, 4) is 0 Å². The number of carbonyl (C=O) groups is 2. The quantitative estimate of drug-likeness (QED) is 0.716. The highest BCUT2D eigenvalue weighted by atomic mass is 16.4. The van der Waals surface area contributed by atoms with E-state index in [0.717, 1.165) is 19.3 Å². The molecule has 4 nitrogen and oxygen atoms in total. The average Bonchev–Trinajstić information content (AvgIpc) is 2.13. The minimum absolute atomic E-state index is 0.115. The van der Waals surface area contributed by atoms with Crippen molar-refractivity contribution in [1.82, 2.24) is 5.32 Å². The van der Waals surface area contributed by atoms with Crippen LogP contribution in [0.1, 0.15) is 32.6 Å². The van der Waals surface area contributed by atoms with Crippen molar-refractivity contribution in [1.29, 1.82) is 0 Å². The van der Waals surface area contributed by atoms with Crippen molar-refractivity contribution in [3.05, 3.63) is 0 Å². The molecule has 2 saturated carbocycles. The number of carboxylic acids is 1. The SMILES string of the molecule is CC(=O)NC1C2CCCCC2C1C(=O)O. The van der Waals surface area contributed by atoms with E-state index in [1.54, 1.807) is 0 Å². The van der Waals surface area contributed by atoms with Crippen molar-refractivity contribution in [2.24, 2.45) is 17.8 Å². The van der Waals surface area contributed by atoms with E-state index >= 15 is 0 Å². The number of carbonyl (C=O) groups excluding carboxylic acids is 1. The molecule has 0 saturated heterocycles. The largest absolute Gasteiger partial charge is 0.481 e. The monoisotopic (exact) mass is 211 g/mol. The van der Waals surface area contributed by atoms with Gasteiger partial charge in [-0.2, -0.15) is 0 Å². The number of hydrogen-bond donors (Lipinski definition) is 2. The third-order valence-corrected chi connectivity index (χ3v) is 3.84. The number of aliphatic carboxylic acids is 1. The molecule has 4 atom stereocenters. The lowest BCUT2D eigenvalue weighted by atomic mass is 9.55. The number of nitrogens with one attached hydrogen (secondary N) is 1. The molecule has 0 aromatic rings. The maximum Gasteiger partial charge on any atom is 0.308 e. The Bertz CT molecular complexity index is 290. The molecule has 2 rings (SSSR count). The molecule has 4 unspecified atom stereocenters. The van der Waals surface area contributed by atoms with Gasteiger partial charge in [0, 0.05) is 13.0 Å². The predicted octanol–water partition coefficient (Wildman–Crippen LogP) is 1.01. The highest BCUT2D eigenvalue weighted by molar-refractivity contribution is 5.77. The third kappa shape index (κ3) is 1.73. The fourth-order valence-electron chi connectivity index (χ4n) is 3.24. The van der Waals surface area contributed by atoms with Crippen LogP contribution in [0.2, 0.25) is 0 Å². The van der Waals surface area contributed by atoms with E-state index in [9.17, 15) is 9.59 Å². The van der Waals surface area contributed by atoms with Crippen LogP contribution in [0, 0.1) is 17.8 Å². The summed E-state index contributed by atoms with van der Waals surface area (Å²) in [4.78, 5) is 22.1. The van der Waals surface area contributed by atoms with E-state index in [-0.39, 0.29) is 17.9 Å². The van der Waals surface area contributed by atoms with Crippen LogP contribution in [0.3, 0.4) is 0 Å². The maximum absolute atomic E-state index is 11.1. The summed E-state index contributed by atoms with van der Waals surface area (Å²) in [5.74, 6) is -0.511. The van der Waals surface area contributed by atoms with Gasteiger partial charge < -0.3 is 10.4 Å². The van der Waals surface area contributed by atoms with Gasteiger partial charge in [0.15, 0.2) is 0 Å². The lowest BCUT2D eigenvalue weighted by Crippen LogP contribution is -2.63. The van der Waals surface area contributed by atoms with Gasteiger partial charge in [-0.25, -0.2) is 0 Å². The van der Waals surface area contributed by atoms with Crippen LogP contribution < -0.4 is 5.32 Å².